The summed E-state index contributed by atoms with van der Waals surface area (Å²) in [6, 6.07) is 11.0. The molecule has 0 heterocycles. The fourth-order valence-corrected chi connectivity index (χ4v) is 2.39. The lowest BCUT2D eigenvalue weighted by Crippen LogP contribution is -1.94. The topological polar surface area (TPSA) is 57.5 Å². The third-order valence-corrected chi connectivity index (χ3v) is 3.52. The molecule has 18 heavy (non-hydrogen) atoms. The van der Waals surface area contributed by atoms with Gasteiger partial charge in [0.15, 0.2) is 11.1 Å². The molecule has 2 N–H and O–H groups in total. The number of aliphatic hydroxyl groups excluding tert-OH is 1. The third-order valence-electron chi connectivity index (χ3n) is 2.79. The molecule has 1 atom stereocenters. The van der Waals surface area contributed by atoms with Crippen molar-refractivity contribution >= 4 is 27.9 Å². The third kappa shape index (κ3) is 2.44. The lowest BCUT2D eigenvalue weighted by molar-refractivity contribution is 0.400. The molecule has 2 rings (SSSR count). The van der Waals surface area contributed by atoms with Crippen LogP contribution in [0.2, 0.25) is 0 Å². The van der Waals surface area contributed by atoms with Gasteiger partial charge in [-0.05, 0) is 22.9 Å². The van der Waals surface area contributed by atoms with Crippen LogP contribution in [0.25, 0.3) is 16.8 Å². The van der Waals surface area contributed by atoms with Gasteiger partial charge in [-0.25, -0.2) is 4.21 Å². The molecule has 0 amide bonds. The van der Waals surface area contributed by atoms with Crippen LogP contribution in [-0.4, -0.2) is 13.9 Å². The molecule has 0 aliphatic heterocycles. The molecule has 0 fully saturated rings. The summed E-state index contributed by atoms with van der Waals surface area (Å²) in [5.74, 6) is 0.193. The van der Waals surface area contributed by atoms with E-state index in [1.165, 1.54) is 0 Å². The molecule has 0 aliphatic carbocycles. The van der Waals surface area contributed by atoms with Crippen molar-refractivity contribution in [3.8, 4) is 0 Å². The van der Waals surface area contributed by atoms with Gasteiger partial charge in [0.1, 0.15) is 0 Å². The van der Waals surface area contributed by atoms with Gasteiger partial charge in [0.2, 0.25) is 0 Å². The van der Waals surface area contributed by atoms with E-state index in [9.17, 15) is 13.9 Å². The van der Waals surface area contributed by atoms with Gasteiger partial charge in [-0.1, -0.05) is 37.3 Å². The van der Waals surface area contributed by atoms with Crippen molar-refractivity contribution in [2.75, 3.05) is 0 Å². The Morgan fingerprint density at radius 2 is 2.00 bits per heavy atom. The van der Waals surface area contributed by atoms with E-state index in [1.807, 2.05) is 31.2 Å². The summed E-state index contributed by atoms with van der Waals surface area (Å²) in [5, 5.41) is 11.5. The predicted molar refractivity (Wildman–Crippen MR) is 73.9 cm³/mol. The Kier molecular flexibility index (Phi) is 3.79. The SMILES string of the molecule is CC/C(O)=C/c1c(S(=O)O)ccc2ccccc12. The van der Waals surface area contributed by atoms with Crippen LogP contribution in [0.1, 0.15) is 18.9 Å². The van der Waals surface area contributed by atoms with Crippen LogP contribution in [-0.2, 0) is 11.1 Å². The fraction of sp³-hybridized carbons (Fsp3) is 0.143. The molecule has 2 aromatic rings. The van der Waals surface area contributed by atoms with Gasteiger partial charge in [-0.15, -0.1) is 0 Å². The summed E-state index contributed by atoms with van der Waals surface area (Å²) in [6.07, 6.45) is 2.05. The Morgan fingerprint density at radius 1 is 1.28 bits per heavy atom. The lowest BCUT2D eigenvalue weighted by atomic mass is 10.0. The van der Waals surface area contributed by atoms with E-state index >= 15 is 0 Å². The average molecular weight is 262 g/mol. The van der Waals surface area contributed by atoms with Crippen molar-refractivity contribution in [3.63, 3.8) is 0 Å². The highest BCUT2D eigenvalue weighted by Gasteiger charge is 2.10. The first-order chi connectivity index (χ1) is 8.63. The summed E-state index contributed by atoms with van der Waals surface area (Å²) >= 11 is -2.07. The Balaban J connectivity index is 2.78. The maximum absolute atomic E-state index is 11.3. The molecule has 0 aromatic heterocycles. The average Bonchev–Trinajstić information content (AvgIpc) is 2.38. The van der Waals surface area contributed by atoms with E-state index in [2.05, 4.69) is 0 Å². The van der Waals surface area contributed by atoms with Gasteiger partial charge < -0.3 is 9.66 Å². The molecule has 3 nitrogen and oxygen atoms in total. The van der Waals surface area contributed by atoms with Crippen molar-refractivity contribution < 1.29 is 13.9 Å². The smallest absolute Gasteiger partial charge is 0.187 e. The predicted octanol–water partition coefficient (Wildman–Crippen LogP) is 3.73. The normalized spacial score (nSPS) is 13.8. The number of aliphatic hydroxyl groups is 1. The van der Waals surface area contributed by atoms with Gasteiger partial charge in [0.05, 0.1) is 10.7 Å². The molecule has 0 saturated heterocycles. The second kappa shape index (κ2) is 5.33. The van der Waals surface area contributed by atoms with Crippen LogP contribution >= 0.6 is 0 Å². The zero-order chi connectivity index (χ0) is 13.1. The summed E-state index contributed by atoms with van der Waals surface area (Å²) in [5.41, 5.74) is 0.605. The van der Waals surface area contributed by atoms with E-state index in [1.54, 1.807) is 18.2 Å². The van der Waals surface area contributed by atoms with Crippen molar-refractivity contribution in [1.82, 2.24) is 0 Å². The van der Waals surface area contributed by atoms with Gasteiger partial charge in [0.25, 0.3) is 0 Å². The Hall–Kier alpha value is -1.65. The van der Waals surface area contributed by atoms with E-state index in [0.717, 1.165) is 10.8 Å². The van der Waals surface area contributed by atoms with Gasteiger partial charge in [0, 0.05) is 12.0 Å². The second-order valence-electron chi connectivity index (χ2n) is 3.94. The first-order valence-electron chi connectivity index (χ1n) is 5.65. The molecule has 0 spiro atoms. The number of allylic oxidation sites excluding steroid dienone is 1. The van der Waals surface area contributed by atoms with Crippen LogP contribution < -0.4 is 0 Å². The summed E-state index contributed by atoms with van der Waals surface area (Å²) in [7, 11) is 0. The molecule has 4 heteroatoms. The van der Waals surface area contributed by atoms with Crippen molar-refractivity contribution in [2.24, 2.45) is 0 Å². The fourth-order valence-electron chi connectivity index (χ4n) is 1.85. The van der Waals surface area contributed by atoms with E-state index in [-0.39, 0.29) is 5.76 Å². The highest BCUT2D eigenvalue weighted by molar-refractivity contribution is 7.79. The molecule has 2 aromatic carbocycles. The molecular formula is C14H14O3S. The highest BCUT2D eigenvalue weighted by Crippen LogP contribution is 2.26. The minimum Gasteiger partial charge on any atom is -0.512 e. The van der Waals surface area contributed by atoms with E-state index in [0.29, 0.717) is 16.9 Å². The highest BCUT2D eigenvalue weighted by atomic mass is 32.2. The van der Waals surface area contributed by atoms with Gasteiger partial charge in [-0.2, -0.15) is 0 Å². The van der Waals surface area contributed by atoms with Gasteiger partial charge in [-0.3, -0.25) is 0 Å². The largest absolute Gasteiger partial charge is 0.512 e. The first kappa shape index (κ1) is 12.8. The van der Waals surface area contributed by atoms with Crippen LogP contribution in [0.3, 0.4) is 0 Å². The zero-order valence-electron chi connectivity index (χ0n) is 9.96. The molecule has 0 bridgehead atoms. The minimum absolute atomic E-state index is 0.193. The number of hydrogen-bond acceptors (Lipinski definition) is 2. The Bertz CT molecular complexity index is 632. The quantitative estimate of drug-likeness (QED) is 0.654. The Morgan fingerprint density at radius 3 is 2.67 bits per heavy atom. The molecule has 0 aliphatic rings. The molecule has 0 saturated carbocycles. The summed E-state index contributed by atoms with van der Waals surface area (Å²) < 4.78 is 20.6. The van der Waals surface area contributed by atoms with Crippen LogP contribution in [0.5, 0.6) is 0 Å². The molecular weight excluding hydrogens is 248 g/mol. The minimum atomic E-state index is -2.07. The maximum atomic E-state index is 11.3. The van der Waals surface area contributed by atoms with Crippen LogP contribution in [0.15, 0.2) is 47.1 Å². The van der Waals surface area contributed by atoms with E-state index in [4.69, 9.17) is 0 Å². The van der Waals surface area contributed by atoms with Crippen LogP contribution in [0, 0.1) is 0 Å². The molecule has 1 unspecified atom stereocenters. The standard InChI is InChI=1S/C14H14O3S/c1-2-11(15)9-13-12-6-4-3-5-10(12)7-8-14(13)18(16)17/h3-9,15H,2H2,1H3,(H,16,17)/b11-9-. The van der Waals surface area contributed by atoms with Crippen LogP contribution in [0.4, 0.5) is 0 Å². The number of rotatable bonds is 3. The number of benzene rings is 2. The number of hydrogen-bond donors (Lipinski definition) is 2. The zero-order valence-corrected chi connectivity index (χ0v) is 10.8. The maximum Gasteiger partial charge on any atom is 0.187 e. The number of fused-ring (bicyclic) bond motifs is 1. The summed E-state index contributed by atoms with van der Waals surface area (Å²) in [4.78, 5) is 0.314. The van der Waals surface area contributed by atoms with E-state index < -0.39 is 11.1 Å². The summed E-state index contributed by atoms with van der Waals surface area (Å²) in [6.45, 7) is 1.83. The van der Waals surface area contributed by atoms with Crippen molar-refractivity contribution in [1.29, 1.82) is 0 Å². The van der Waals surface area contributed by atoms with Crippen molar-refractivity contribution in [2.45, 2.75) is 18.2 Å². The first-order valence-corrected chi connectivity index (χ1v) is 6.76. The second-order valence-corrected chi connectivity index (χ2v) is 4.88. The monoisotopic (exact) mass is 262 g/mol. The van der Waals surface area contributed by atoms with Gasteiger partial charge >= 0.3 is 0 Å². The molecule has 0 radical (unpaired) electrons. The Labute approximate surface area is 108 Å². The molecule has 94 valence electrons. The van der Waals surface area contributed by atoms with Crippen molar-refractivity contribution in [3.05, 3.63) is 47.7 Å². The lowest BCUT2D eigenvalue weighted by Gasteiger charge is -2.07.